The van der Waals surface area contributed by atoms with E-state index in [-0.39, 0.29) is 18.4 Å². The molecule has 0 N–H and O–H groups in total. The molecule has 0 radical (unpaired) electrons. The number of ether oxygens (including phenoxy) is 1. The third kappa shape index (κ3) is 2.92. The topological polar surface area (TPSA) is 49.9 Å². The van der Waals surface area contributed by atoms with Gasteiger partial charge in [-0.1, -0.05) is 0 Å². The van der Waals surface area contributed by atoms with Crippen molar-refractivity contribution in [2.75, 3.05) is 33.8 Å². The van der Waals surface area contributed by atoms with Crippen LogP contribution in [0.1, 0.15) is 13.3 Å². The number of likely N-dealkylation sites (N-methyl/N-ethyl adjacent to an activating group) is 1. The van der Waals surface area contributed by atoms with Crippen LogP contribution in [0, 0.1) is 0 Å². The van der Waals surface area contributed by atoms with Gasteiger partial charge in [-0.05, 0) is 13.3 Å². The number of carbonyl (C=O) groups excluding carboxylic acids is 2. The molecule has 0 aromatic carbocycles. The summed E-state index contributed by atoms with van der Waals surface area (Å²) in [4.78, 5) is 26.5. The van der Waals surface area contributed by atoms with E-state index in [2.05, 4.69) is 0 Å². The quantitative estimate of drug-likeness (QED) is 0.635. The molecule has 0 aromatic heterocycles. The molecule has 1 fully saturated rings. The Morgan fingerprint density at radius 3 is 2.73 bits per heavy atom. The van der Waals surface area contributed by atoms with Gasteiger partial charge in [0.15, 0.2) is 0 Å². The van der Waals surface area contributed by atoms with Gasteiger partial charge in [0, 0.05) is 27.2 Å². The van der Waals surface area contributed by atoms with Crippen molar-refractivity contribution in [1.82, 2.24) is 9.80 Å². The zero-order valence-corrected chi connectivity index (χ0v) is 9.52. The first-order chi connectivity index (χ1) is 7.06. The van der Waals surface area contributed by atoms with Crippen LogP contribution in [0.3, 0.4) is 0 Å². The molecule has 1 aliphatic rings. The van der Waals surface area contributed by atoms with Gasteiger partial charge in [0.1, 0.15) is 6.10 Å². The van der Waals surface area contributed by atoms with E-state index in [9.17, 15) is 9.59 Å². The summed E-state index contributed by atoms with van der Waals surface area (Å²) in [6, 6.07) is 0. The number of hydrogen-bond acceptors (Lipinski definition) is 3. The summed E-state index contributed by atoms with van der Waals surface area (Å²) in [6.45, 7) is 3.21. The molecule has 0 spiro atoms. The lowest BCUT2D eigenvalue weighted by atomic mass is 10.3. The van der Waals surface area contributed by atoms with Gasteiger partial charge in [-0.3, -0.25) is 9.59 Å². The molecule has 0 aliphatic carbocycles. The fraction of sp³-hybridized carbons (Fsp3) is 0.800. The summed E-state index contributed by atoms with van der Waals surface area (Å²) in [6.07, 6.45) is 0.353. The Kier molecular flexibility index (Phi) is 4.08. The van der Waals surface area contributed by atoms with Gasteiger partial charge in [0.05, 0.1) is 6.54 Å². The number of hydrogen-bond donors (Lipinski definition) is 0. The van der Waals surface area contributed by atoms with Crippen LogP contribution in [0.25, 0.3) is 0 Å². The van der Waals surface area contributed by atoms with Crippen molar-refractivity contribution < 1.29 is 14.3 Å². The van der Waals surface area contributed by atoms with Gasteiger partial charge in [-0.15, -0.1) is 0 Å². The van der Waals surface area contributed by atoms with Gasteiger partial charge in [0.25, 0.3) is 5.91 Å². The summed E-state index contributed by atoms with van der Waals surface area (Å²) in [5.74, 6) is -0.120. The second-order valence-corrected chi connectivity index (χ2v) is 3.81. The van der Waals surface area contributed by atoms with E-state index in [4.69, 9.17) is 4.74 Å². The van der Waals surface area contributed by atoms with Crippen LogP contribution in [0.4, 0.5) is 0 Å². The molecule has 0 saturated carbocycles. The van der Waals surface area contributed by atoms with E-state index in [0.29, 0.717) is 13.1 Å². The molecule has 5 heteroatoms. The van der Waals surface area contributed by atoms with Crippen molar-refractivity contribution in [3.05, 3.63) is 0 Å². The lowest BCUT2D eigenvalue weighted by Crippen LogP contribution is -2.42. The van der Waals surface area contributed by atoms with E-state index in [1.165, 1.54) is 7.11 Å². The zero-order valence-electron chi connectivity index (χ0n) is 9.52. The maximum Gasteiger partial charge on any atom is 0.251 e. The largest absolute Gasteiger partial charge is 0.372 e. The summed E-state index contributed by atoms with van der Waals surface area (Å²) in [5.41, 5.74) is 0. The van der Waals surface area contributed by atoms with Crippen LogP contribution in [-0.4, -0.2) is 61.5 Å². The number of nitrogens with zero attached hydrogens (tertiary/aromatic N) is 2. The molecular formula is C10H18N2O3. The smallest absolute Gasteiger partial charge is 0.251 e. The third-order valence-corrected chi connectivity index (χ3v) is 2.69. The van der Waals surface area contributed by atoms with E-state index in [0.717, 1.165) is 6.42 Å². The fourth-order valence-electron chi connectivity index (χ4n) is 1.53. The van der Waals surface area contributed by atoms with Crippen molar-refractivity contribution in [2.24, 2.45) is 0 Å². The van der Waals surface area contributed by atoms with Crippen LogP contribution >= 0.6 is 0 Å². The Morgan fingerprint density at radius 1 is 1.47 bits per heavy atom. The van der Waals surface area contributed by atoms with E-state index < -0.39 is 6.10 Å². The molecule has 1 rings (SSSR count). The standard InChI is InChI=1S/C10H18N2O3/c1-8(15-3)10(14)12-6-4-5-11(2)9(13)7-12/h8H,4-7H2,1-3H3. The predicted molar refractivity (Wildman–Crippen MR) is 55.3 cm³/mol. The van der Waals surface area contributed by atoms with Crippen molar-refractivity contribution in [3.8, 4) is 0 Å². The minimum atomic E-state index is -0.471. The lowest BCUT2D eigenvalue weighted by molar-refractivity contribution is -0.144. The molecule has 86 valence electrons. The molecule has 1 atom stereocenters. The average Bonchev–Trinajstić information content (AvgIpc) is 2.39. The van der Waals surface area contributed by atoms with Gasteiger partial charge >= 0.3 is 0 Å². The predicted octanol–water partition coefficient (Wildman–Crippen LogP) is -0.288. The van der Waals surface area contributed by atoms with Gasteiger partial charge in [-0.2, -0.15) is 0 Å². The molecule has 1 unspecified atom stereocenters. The first-order valence-corrected chi connectivity index (χ1v) is 5.11. The Morgan fingerprint density at radius 2 is 2.13 bits per heavy atom. The maximum absolute atomic E-state index is 11.8. The maximum atomic E-state index is 11.8. The molecule has 1 heterocycles. The van der Waals surface area contributed by atoms with Gasteiger partial charge < -0.3 is 14.5 Å². The highest BCUT2D eigenvalue weighted by Gasteiger charge is 2.25. The van der Waals surface area contributed by atoms with Crippen molar-refractivity contribution >= 4 is 11.8 Å². The van der Waals surface area contributed by atoms with Gasteiger partial charge in [0.2, 0.25) is 5.91 Å². The summed E-state index contributed by atoms with van der Waals surface area (Å²) in [7, 11) is 3.25. The molecule has 0 aromatic rings. The first kappa shape index (κ1) is 12.0. The summed E-state index contributed by atoms with van der Waals surface area (Å²) in [5, 5.41) is 0. The van der Waals surface area contributed by atoms with E-state index in [1.54, 1.807) is 23.8 Å². The second kappa shape index (κ2) is 5.11. The Labute approximate surface area is 90.0 Å². The lowest BCUT2D eigenvalue weighted by Gasteiger charge is -2.22. The molecule has 1 aliphatic heterocycles. The number of methoxy groups -OCH3 is 1. The number of carbonyl (C=O) groups is 2. The van der Waals surface area contributed by atoms with Crippen LogP contribution in [-0.2, 0) is 14.3 Å². The Hall–Kier alpha value is -1.10. The molecule has 5 nitrogen and oxygen atoms in total. The van der Waals surface area contributed by atoms with E-state index >= 15 is 0 Å². The van der Waals surface area contributed by atoms with Crippen molar-refractivity contribution in [3.63, 3.8) is 0 Å². The van der Waals surface area contributed by atoms with Gasteiger partial charge in [-0.25, -0.2) is 0 Å². The normalized spacial score (nSPS) is 20.1. The summed E-state index contributed by atoms with van der Waals surface area (Å²) >= 11 is 0. The SMILES string of the molecule is COC(C)C(=O)N1CCCN(C)C(=O)C1. The zero-order chi connectivity index (χ0) is 11.4. The number of rotatable bonds is 2. The van der Waals surface area contributed by atoms with Crippen LogP contribution in [0.15, 0.2) is 0 Å². The minimum absolute atomic E-state index is 0.0100. The highest BCUT2D eigenvalue weighted by atomic mass is 16.5. The van der Waals surface area contributed by atoms with Crippen molar-refractivity contribution in [1.29, 1.82) is 0 Å². The molecule has 15 heavy (non-hydrogen) atoms. The highest BCUT2D eigenvalue weighted by molar-refractivity contribution is 5.87. The number of amides is 2. The highest BCUT2D eigenvalue weighted by Crippen LogP contribution is 2.05. The monoisotopic (exact) mass is 214 g/mol. The average molecular weight is 214 g/mol. The molecule has 0 bridgehead atoms. The summed E-state index contributed by atoms with van der Waals surface area (Å²) < 4.78 is 4.95. The second-order valence-electron chi connectivity index (χ2n) is 3.81. The Bertz CT molecular complexity index is 255. The molecule has 1 saturated heterocycles. The van der Waals surface area contributed by atoms with Crippen LogP contribution in [0.2, 0.25) is 0 Å². The minimum Gasteiger partial charge on any atom is -0.372 e. The van der Waals surface area contributed by atoms with Crippen LogP contribution in [0.5, 0.6) is 0 Å². The van der Waals surface area contributed by atoms with Crippen LogP contribution < -0.4 is 0 Å². The molecular weight excluding hydrogens is 196 g/mol. The van der Waals surface area contributed by atoms with Crippen molar-refractivity contribution in [2.45, 2.75) is 19.4 Å². The first-order valence-electron chi connectivity index (χ1n) is 5.11. The molecule has 2 amide bonds. The fourth-order valence-corrected chi connectivity index (χ4v) is 1.53. The third-order valence-electron chi connectivity index (χ3n) is 2.69. The Balaban J connectivity index is 2.62. The van der Waals surface area contributed by atoms with E-state index in [1.807, 2.05) is 0 Å².